The highest BCUT2D eigenvalue weighted by atomic mass is 35.5. The Hall–Kier alpha value is -0.870. The molecule has 5 nitrogen and oxygen atoms in total. The van der Waals surface area contributed by atoms with Gasteiger partial charge >= 0.3 is 6.18 Å². The molecule has 0 amide bonds. The highest BCUT2D eigenvalue weighted by Gasteiger charge is 2.44. The predicted molar refractivity (Wildman–Crippen MR) is 87.9 cm³/mol. The largest absolute Gasteiger partial charge is 0.405 e. The number of piperazine rings is 1. The zero-order valence-electron chi connectivity index (χ0n) is 13.1. The van der Waals surface area contributed by atoms with Crippen molar-refractivity contribution >= 4 is 22.4 Å². The van der Waals surface area contributed by atoms with Crippen LogP contribution in [0.5, 0.6) is 0 Å². The first-order valence-electron chi connectivity index (χ1n) is 7.28. The van der Waals surface area contributed by atoms with E-state index in [0.717, 1.165) is 5.56 Å². The van der Waals surface area contributed by atoms with E-state index in [-0.39, 0.29) is 30.4 Å². The maximum atomic E-state index is 13.2. The molecule has 0 spiro atoms. The van der Waals surface area contributed by atoms with E-state index < -0.39 is 28.8 Å². The van der Waals surface area contributed by atoms with Gasteiger partial charge in [-0.3, -0.25) is 4.90 Å². The van der Waals surface area contributed by atoms with E-state index in [0.29, 0.717) is 13.1 Å². The minimum atomic E-state index is -4.49. The third-order valence-corrected chi connectivity index (χ3v) is 5.21. The first-order valence-corrected chi connectivity index (χ1v) is 8.76. The topological polar surface area (TPSA) is 61.4 Å². The molecule has 1 unspecified atom stereocenters. The Morgan fingerprint density at radius 3 is 2.25 bits per heavy atom. The van der Waals surface area contributed by atoms with E-state index in [4.69, 9.17) is 0 Å². The lowest BCUT2D eigenvalue weighted by atomic mass is 10.2. The normalized spacial score (nSPS) is 18.0. The summed E-state index contributed by atoms with van der Waals surface area (Å²) in [6, 6.07) is 4.14. The lowest BCUT2D eigenvalue weighted by molar-refractivity contribution is -0.182. The van der Waals surface area contributed by atoms with Gasteiger partial charge in [0.15, 0.2) is 0 Å². The van der Waals surface area contributed by atoms with Crippen LogP contribution in [0.1, 0.15) is 5.56 Å². The van der Waals surface area contributed by atoms with Crippen molar-refractivity contribution in [1.82, 2.24) is 14.9 Å². The molecule has 0 saturated carbocycles. The van der Waals surface area contributed by atoms with Crippen molar-refractivity contribution < 1.29 is 21.6 Å². The van der Waals surface area contributed by atoms with Gasteiger partial charge in [0.05, 0.1) is 4.90 Å². The van der Waals surface area contributed by atoms with E-state index in [1.54, 1.807) is 19.1 Å². The SMILES string of the molecule is Cc1ccc(S(=O)(=O)NCC(N2CCNCC2)C(F)(F)F)cc1.Cl. The number of nitrogens with zero attached hydrogens (tertiary/aromatic N) is 1. The van der Waals surface area contributed by atoms with Crippen LogP contribution in [0.15, 0.2) is 29.2 Å². The summed E-state index contributed by atoms with van der Waals surface area (Å²) in [6.45, 7) is 2.48. The van der Waals surface area contributed by atoms with Crippen molar-refractivity contribution in [2.45, 2.75) is 24.0 Å². The Morgan fingerprint density at radius 2 is 1.75 bits per heavy atom. The van der Waals surface area contributed by atoms with Crippen molar-refractivity contribution in [3.63, 3.8) is 0 Å². The summed E-state index contributed by atoms with van der Waals surface area (Å²) < 4.78 is 66.1. The fourth-order valence-electron chi connectivity index (χ4n) is 2.44. The zero-order valence-corrected chi connectivity index (χ0v) is 14.8. The molecule has 2 N–H and O–H groups in total. The minimum Gasteiger partial charge on any atom is -0.314 e. The molecule has 10 heteroatoms. The Balaban J connectivity index is 0.00000288. The lowest BCUT2D eigenvalue weighted by Crippen LogP contribution is -2.57. The molecular formula is C14H21ClF3N3O2S. The van der Waals surface area contributed by atoms with Crippen molar-refractivity contribution in [3.05, 3.63) is 29.8 Å². The molecule has 1 aliphatic rings. The van der Waals surface area contributed by atoms with Gasteiger partial charge in [0, 0.05) is 32.7 Å². The molecule has 1 aromatic rings. The fraction of sp³-hybridized carbons (Fsp3) is 0.571. The van der Waals surface area contributed by atoms with Crippen LogP contribution >= 0.6 is 12.4 Å². The van der Waals surface area contributed by atoms with E-state index in [9.17, 15) is 21.6 Å². The van der Waals surface area contributed by atoms with Gasteiger partial charge in [0.2, 0.25) is 10.0 Å². The van der Waals surface area contributed by atoms with E-state index in [1.165, 1.54) is 17.0 Å². The number of benzene rings is 1. The highest BCUT2D eigenvalue weighted by Crippen LogP contribution is 2.25. The number of halogens is 4. The second-order valence-corrected chi connectivity index (χ2v) is 7.28. The number of rotatable bonds is 5. The summed E-state index contributed by atoms with van der Waals surface area (Å²) in [6.07, 6.45) is -4.49. The standard InChI is InChI=1S/C14H20F3N3O2S.ClH/c1-11-2-4-12(5-3-11)23(21,22)19-10-13(14(15,16)17)20-8-6-18-7-9-20;/h2-5,13,18-19H,6-10H2,1H3;1H. The monoisotopic (exact) mass is 387 g/mol. The van der Waals surface area contributed by atoms with Crippen LogP contribution in [-0.4, -0.2) is 58.3 Å². The van der Waals surface area contributed by atoms with Crippen LogP contribution in [0.4, 0.5) is 13.2 Å². The van der Waals surface area contributed by atoms with Crippen LogP contribution < -0.4 is 10.0 Å². The summed E-state index contributed by atoms with van der Waals surface area (Å²) in [4.78, 5) is 1.22. The van der Waals surface area contributed by atoms with Gasteiger partial charge < -0.3 is 5.32 Å². The predicted octanol–water partition coefficient (Wildman–Crippen LogP) is 1.53. The van der Waals surface area contributed by atoms with Crippen LogP contribution in [0.2, 0.25) is 0 Å². The molecule has 0 bridgehead atoms. The molecule has 1 atom stereocenters. The molecule has 1 aromatic carbocycles. The van der Waals surface area contributed by atoms with Crippen LogP contribution in [0, 0.1) is 6.92 Å². The molecule has 1 heterocycles. The fourth-order valence-corrected chi connectivity index (χ4v) is 3.47. The van der Waals surface area contributed by atoms with E-state index in [1.807, 2.05) is 0 Å². The molecule has 1 saturated heterocycles. The van der Waals surface area contributed by atoms with Crippen molar-refractivity contribution in [1.29, 1.82) is 0 Å². The van der Waals surface area contributed by atoms with Crippen molar-refractivity contribution in [2.24, 2.45) is 0 Å². The Kier molecular flexibility index (Phi) is 7.48. The summed E-state index contributed by atoms with van der Waals surface area (Å²) in [7, 11) is -3.96. The van der Waals surface area contributed by atoms with Gasteiger partial charge in [-0.15, -0.1) is 12.4 Å². The van der Waals surface area contributed by atoms with Gasteiger partial charge in [-0.05, 0) is 19.1 Å². The number of sulfonamides is 1. The van der Waals surface area contributed by atoms with Crippen LogP contribution in [0.3, 0.4) is 0 Å². The molecule has 0 aromatic heterocycles. The molecule has 1 aliphatic heterocycles. The maximum Gasteiger partial charge on any atom is 0.405 e. The number of hydrogen-bond acceptors (Lipinski definition) is 4. The quantitative estimate of drug-likeness (QED) is 0.804. The van der Waals surface area contributed by atoms with Crippen molar-refractivity contribution in [2.75, 3.05) is 32.7 Å². The molecule has 24 heavy (non-hydrogen) atoms. The summed E-state index contributed by atoms with van der Waals surface area (Å²) in [5, 5.41) is 2.98. The smallest absolute Gasteiger partial charge is 0.314 e. The molecule has 0 radical (unpaired) electrons. The highest BCUT2D eigenvalue weighted by molar-refractivity contribution is 7.89. The van der Waals surface area contributed by atoms with Gasteiger partial charge in [-0.2, -0.15) is 13.2 Å². The average molecular weight is 388 g/mol. The number of hydrogen-bond donors (Lipinski definition) is 2. The molecule has 138 valence electrons. The number of aryl methyl sites for hydroxylation is 1. The second kappa shape index (κ2) is 8.48. The third-order valence-electron chi connectivity index (χ3n) is 3.77. The molecule has 2 rings (SSSR count). The first kappa shape index (κ1) is 21.2. The Morgan fingerprint density at radius 1 is 1.21 bits per heavy atom. The molecule has 0 aliphatic carbocycles. The van der Waals surface area contributed by atoms with Gasteiger partial charge in [-0.25, -0.2) is 13.1 Å². The number of alkyl halides is 3. The average Bonchev–Trinajstić information content (AvgIpc) is 2.47. The van der Waals surface area contributed by atoms with Crippen LogP contribution in [0.25, 0.3) is 0 Å². The van der Waals surface area contributed by atoms with Gasteiger partial charge in [0.25, 0.3) is 0 Å². The Labute approximate surface area is 146 Å². The Bertz CT molecular complexity index is 617. The second-order valence-electron chi connectivity index (χ2n) is 5.51. The van der Waals surface area contributed by atoms with E-state index >= 15 is 0 Å². The first-order chi connectivity index (χ1) is 10.7. The summed E-state index contributed by atoms with van der Waals surface area (Å²) in [5.41, 5.74) is 0.873. The van der Waals surface area contributed by atoms with Gasteiger partial charge in [0.1, 0.15) is 6.04 Å². The van der Waals surface area contributed by atoms with Gasteiger partial charge in [-0.1, -0.05) is 17.7 Å². The van der Waals surface area contributed by atoms with Crippen molar-refractivity contribution in [3.8, 4) is 0 Å². The zero-order chi connectivity index (χ0) is 17.1. The summed E-state index contributed by atoms with van der Waals surface area (Å²) >= 11 is 0. The van der Waals surface area contributed by atoms with Crippen LogP contribution in [-0.2, 0) is 10.0 Å². The number of nitrogens with one attached hydrogen (secondary N) is 2. The molecular weight excluding hydrogens is 367 g/mol. The summed E-state index contributed by atoms with van der Waals surface area (Å²) in [5.74, 6) is 0. The minimum absolute atomic E-state index is 0. The van der Waals surface area contributed by atoms with E-state index in [2.05, 4.69) is 10.0 Å². The maximum absolute atomic E-state index is 13.2. The molecule has 1 fully saturated rings. The lowest BCUT2D eigenvalue weighted by Gasteiger charge is -2.35. The third kappa shape index (κ3) is 5.59.